The van der Waals surface area contributed by atoms with Crippen molar-refractivity contribution < 1.29 is 27.8 Å². The van der Waals surface area contributed by atoms with Crippen LogP contribution >= 0.6 is 23.2 Å². The topological polar surface area (TPSA) is 102 Å². The molecule has 0 saturated carbocycles. The number of aromatic nitrogens is 3. The predicted octanol–water partition coefficient (Wildman–Crippen LogP) is 4.75. The number of fused-ring (bicyclic) bond motifs is 1. The summed E-state index contributed by atoms with van der Waals surface area (Å²) >= 11 is 12.5. The van der Waals surface area contributed by atoms with Gasteiger partial charge in [-0.3, -0.25) is 18.7 Å². The molecule has 232 valence electrons. The van der Waals surface area contributed by atoms with Crippen molar-refractivity contribution in [1.82, 2.24) is 24.3 Å². The van der Waals surface area contributed by atoms with Gasteiger partial charge in [-0.15, -0.1) is 0 Å². The molecular weight excluding hydrogens is 622 g/mol. The van der Waals surface area contributed by atoms with E-state index in [0.717, 1.165) is 5.56 Å². The molecule has 0 radical (unpaired) electrons. The van der Waals surface area contributed by atoms with Gasteiger partial charge < -0.3 is 20.1 Å². The van der Waals surface area contributed by atoms with Crippen molar-refractivity contribution >= 4 is 40.1 Å². The van der Waals surface area contributed by atoms with E-state index in [2.05, 4.69) is 10.3 Å². The second-order valence-corrected chi connectivity index (χ2v) is 12.0. The van der Waals surface area contributed by atoms with E-state index in [1.165, 1.54) is 17.0 Å². The van der Waals surface area contributed by atoms with E-state index in [-0.39, 0.29) is 54.5 Å². The van der Waals surface area contributed by atoms with Gasteiger partial charge in [-0.2, -0.15) is 13.2 Å². The molecule has 2 saturated heterocycles. The van der Waals surface area contributed by atoms with Crippen LogP contribution in [0, 0.1) is 0 Å². The van der Waals surface area contributed by atoms with E-state index in [9.17, 15) is 27.9 Å². The summed E-state index contributed by atoms with van der Waals surface area (Å²) in [7, 11) is 0. The molecular formula is C30H28Cl2F3N5O4. The average Bonchev–Trinajstić information content (AvgIpc) is 3.35. The van der Waals surface area contributed by atoms with Crippen molar-refractivity contribution in [2.45, 2.75) is 43.3 Å². The Bertz CT molecular complexity index is 1730. The first-order valence-corrected chi connectivity index (χ1v) is 14.7. The van der Waals surface area contributed by atoms with E-state index < -0.39 is 23.9 Å². The first kappa shape index (κ1) is 30.6. The van der Waals surface area contributed by atoms with Crippen LogP contribution in [0.25, 0.3) is 16.7 Å². The molecule has 0 bridgehead atoms. The number of carbonyl (C=O) groups is 1. The summed E-state index contributed by atoms with van der Waals surface area (Å²) in [5.74, 6) is -0.147. The number of hydrogen-bond donors (Lipinski definition) is 2. The number of rotatable bonds is 5. The van der Waals surface area contributed by atoms with Crippen LogP contribution in [-0.2, 0) is 11.3 Å². The summed E-state index contributed by atoms with van der Waals surface area (Å²) in [6.07, 6.45) is -4.33. The second kappa shape index (κ2) is 11.8. The average molecular weight is 650 g/mol. The minimum Gasteiger partial charge on any atom is -0.388 e. The molecule has 2 N–H and O–H groups in total. The fourth-order valence-corrected chi connectivity index (χ4v) is 6.09. The van der Waals surface area contributed by atoms with Crippen LogP contribution in [0.2, 0.25) is 10.2 Å². The van der Waals surface area contributed by atoms with Crippen molar-refractivity contribution in [2.75, 3.05) is 26.2 Å². The van der Waals surface area contributed by atoms with E-state index >= 15 is 0 Å². The zero-order chi connectivity index (χ0) is 31.2. The van der Waals surface area contributed by atoms with E-state index in [4.69, 9.17) is 27.9 Å². The second-order valence-electron chi connectivity index (χ2n) is 11.2. The number of aliphatic hydroxyl groups is 1. The van der Waals surface area contributed by atoms with Crippen LogP contribution in [0.15, 0.2) is 65.7 Å². The molecule has 0 unspecified atom stereocenters. The molecule has 0 spiro atoms. The number of piperidine rings is 1. The molecule has 4 aromatic rings. The summed E-state index contributed by atoms with van der Waals surface area (Å²) < 4.78 is 46.7. The molecule has 2 fully saturated rings. The number of morpholine rings is 1. The SMILES string of the molecule is O=C(c1ccc(Cl)cc1)N1CCC(O)(Cn2cnc3c(cc(Cl)n3-c3ccc([C@H]4CO[C@H](C(F)(F)F)CN4)cc3)c2=O)CC1. The fraction of sp³-hybridized carbons (Fsp3) is 0.367. The van der Waals surface area contributed by atoms with Gasteiger partial charge in [0.1, 0.15) is 11.5 Å². The third kappa shape index (κ3) is 6.09. The molecule has 2 aliphatic heterocycles. The highest BCUT2D eigenvalue weighted by Crippen LogP contribution is 2.30. The number of amides is 1. The zero-order valence-electron chi connectivity index (χ0n) is 23.2. The van der Waals surface area contributed by atoms with Gasteiger partial charge in [0.2, 0.25) is 0 Å². The number of likely N-dealkylation sites (tertiary alicyclic amines) is 1. The number of nitrogens with one attached hydrogen (secondary N) is 1. The van der Waals surface area contributed by atoms with Crippen molar-refractivity contribution in [3.8, 4) is 5.69 Å². The van der Waals surface area contributed by atoms with Gasteiger partial charge in [0.15, 0.2) is 11.8 Å². The molecule has 2 aromatic heterocycles. The van der Waals surface area contributed by atoms with Crippen LogP contribution in [0.1, 0.15) is 34.8 Å². The Morgan fingerprint density at radius 3 is 2.39 bits per heavy atom. The van der Waals surface area contributed by atoms with Crippen molar-refractivity contribution in [3.05, 3.63) is 92.6 Å². The Labute approximate surface area is 259 Å². The largest absolute Gasteiger partial charge is 0.415 e. The van der Waals surface area contributed by atoms with Gasteiger partial charge in [0, 0.05) is 35.9 Å². The maximum absolute atomic E-state index is 13.4. The molecule has 9 nitrogen and oxygen atoms in total. The quantitative estimate of drug-likeness (QED) is 0.324. The van der Waals surface area contributed by atoms with Crippen molar-refractivity contribution in [3.63, 3.8) is 0 Å². The molecule has 1 amide bonds. The molecule has 6 rings (SSSR count). The molecule has 4 heterocycles. The van der Waals surface area contributed by atoms with Gasteiger partial charge in [0.05, 0.1) is 30.2 Å². The van der Waals surface area contributed by atoms with Crippen LogP contribution < -0.4 is 10.9 Å². The number of hydrogen-bond acceptors (Lipinski definition) is 6. The van der Waals surface area contributed by atoms with E-state index in [1.807, 2.05) is 0 Å². The lowest BCUT2D eigenvalue weighted by molar-refractivity contribution is -0.229. The number of alkyl halides is 3. The Morgan fingerprint density at radius 1 is 1.09 bits per heavy atom. The zero-order valence-corrected chi connectivity index (χ0v) is 24.7. The Hall–Kier alpha value is -3.42. The molecule has 2 atom stereocenters. The lowest BCUT2D eigenvalue weighted by Gasteiger charge is -2.38. The monoisotopic (exact) mass is 649 g/mol. The minimum atomic E-state index is -4.42. The van der Waals surface area contributed by atoms with E-state index in [0.29, 0.717) is 35.0 Å². The third-order valence-electron chi connectivity index (χ3n) is 8.21. The smallest absolute Gasteiger partial charge is 0.388 e. The molecule has 14 heteroatoms. The van der Waals surface area contributed by atoms with Gasteiger partial charge in [-0.1, -0.05) is 35.3 Å². The van der Waals surface area contributed by atoms with Gasteiger partial charge in [-0.05, 0) is 60.9 Å². The lowest BCUT2D eigenvalue weighted by atomic mass is 9.91. The fourth-order valence-electron chi connectivity index (χ4n) is 5.68. The third-order valence-corrected chi connectivity index (χ3v) is 8.74. The van der Waals surface area contributed by atoms with Crippen molar-refractivity contribution in [1.29, 1.82) is 0 Å². The molecule has 44 heavy (non-hydrogen) atoms. The van der Waals surface area contributed by atoms with Crippen LogP contribution in [0.3, 0.4) is 0 Å². The summed E-state index contributed by atoms with van der Waals surface area (Å²) in [5, 5.41) is 15.2. The Kier molecular flexibility index (Phi) is 8.22. The van der Waals surface area contributed by atoms with Crippen molar-refractivity contribution in [2.24, 2.45) is 0 Å². The van der Waals surface area contributed by atoms with Crippen LogP contribution in [0.4, 0.5) is 13.2 Å². The first-order chi connectivity index (χ1) is 20.9. The number of nitrogens with zero attached hydrogens (tertiary/aromatic N) is 4. The number of halogens is 5. The molecule has 2 aliphatic rings. The van der Waals surface area contributed by atoms with Gasteiger partial charge in [-0.25, -0.2) is 4.98 Å². The highest BCUT2D eigenvalue weighted by atomic mass is 35.5. The highest BCUT2D eigenvalue weighted by Gasteiger charge is 2.43. The highest BCUT2D eigenvalue weighted by molar-refractivity contribution is 6.31. The minimum absolute atomic E-state index is 0.000893. The van der Waals surface area contributed by atoms with Gasteiger partial charge >= 0.3 is 6.18 Å². The summed E-state index contributed by atoms with van der Waals surface area (Å²) in [5.41, 5.74) is 0.607. The molecule has 2 aromatic carbocycles. The summed E-state index contributed by atoms with van der Waals surface area (Å²) in [6.45, 7) is 0.189. The van der Waals surface area contributed by atoms with Crippen LogP contribution in [-0.4, -0.2) is 74.2 Å². The van der Waals surface area contributed by atoms with Gasteiger partial charge in [0.25, 0.3) is 11.5 Å². The molecule has 0 aliphatic carbocycles. The number of benzene rings is 2. The predicted molar refractivity (Wildman–Crippen MR) is 158 cm³/mol. The maximum atomic E-state index is 13.4. The standard InChI is InChI=1S/C30H28Cl2F3N5O4/c31-20-5-1-19(2-6-20)27(41)38-11-9-29(43,10-12-38)16-39-17-37-26-22(28(39)42)13-25(32)40(26)21-7-3-18(4-8-21)23-15-44-24(14-36-23)30(33,34)35/h1-8,13,17,23-24,36,43H,9-12,14-16H2/t23-,24+/m1/s1. The summed E-state index contributed by atoms with van der Waals surface area (Å²) in [4.78, 5) is 32.5. The lowest BCUT2D eigenvalue weighted by Crippen LogP contribution is -2.49. The Morgan fingerprint density at radius 2 is 1.77 bits per heavy atom. The Balaban J connectivity index is 1.15. The van der Waals surface area contributed by atoms with E-state index in [1.54, 1.807) is 58.0 Å². The maximum Gasteiger partial charge on any atom is 0.415 e. The summed E-state index contributed by atoms with van der Waals surface area (Å²) in [6, 6.07) is 14.7. The first-order valence-electron chi connectivity index (χ1n) is 14.0. The number of ether oxygens (including phenoxy) is 1. The van der Waals surface area contributed by atoms with Crippen LogP contribution in [0.5, 0.6) is 0 Å². The number of carbonyl (C=O) groups excluding carboxylic acids is 1. The normalized spacial score (nSPS) is 20.6.